The number of hydrogen-bond acceptors (Lipinski definition) is 1. The molecule has 0 spiro atoms. The predicted molar refractivity (Wildman–Crippen MR) is 66.4 cm³/mol. The van der Waals surface area contributed by atoms with Gasteiger partial charge in [-0.1, -0.05) is 39.0 Å². The fraction of sp³-hybridized carbons (Fsp3) is 1.00. The molecule has 0 radical (unpaired) electrons. The lowest BCUT2D eigenvalue weighted by Crippen LogP contribution is -2.37. The van der Waals surface area contributed by atoms with Crippen molar-refractivity contribution in [3.05, 3.63) is 0 Å². The molecule has 0 rings (SSSR count). The second-order valence-corrected chi connectivity index (χ2v) is 5.05. The Bertz CT molecular complexity index is 202. The van der Waals surface area contributed by atoms with E-state index in [0.717, 1.165) is 19.3 Å². The van der Waals surface area contributed by atoms with Gasteiger partial charge in [0.1, 0.15) is 0 Å². The van der Waals surface area contributed by atoms with Gasteiger partial charge in [-0.25, -0.2) is 17.6 Å². The first-order valence-corrected chi connectivity index (χ1v) is 6.73. The van der Waals surface area contributed by atoms with Gasteiger partial charge in [0.15, 0.2) is 0 Å². The molecular formula is C13H25F4N. The van der Waals surface area contributed by atoms with E-state index in [-0.39, 0.29) is 0 Å². The van der Waals surface area contributed by atoms with Crippen molar-refractivity contribution < 1.29 is 17.6 Å². The van der Waals surface area contributed by atoms with Gasteiger partial charge < -0.3 is 5.32 Å². The summed E-state index contributed by atoms with van der Waals surface area (Å²) >= 11 is 0. The van der Waals surface area contributed by atoms with E-state index in [9.17, 15) is 17.6 Å². The summed E-state index contributed by atoms with van der Waals surface area (Å²) in [7, 11) is 0. The average molecular weight is 271 g/mol. The maximum atomic E-state index is 13.1. The van der Waals surface area contributed by atoms with Gasteiger partial charge in [-0.3, -0.25) is 0 Å². The van der Waals surface area contributed by atoms with E-state index in [1.807, 2.05) is 0 Å². The molecule has 18 heavy (non-hydrogen) atoms. The molecule has 0 fully saturated rings. The van der Waals surface area contributed by atoms with Crippen molar-refractivity contribution in [2.45, 2.75) is 70.6 Å². The largest absolute Gasteiger partial charge is 0.311 e. The molecule has 1 nitrogen and oxygen atoms in total. The van der Waals surface area contributed by atoms with Crippen LogP contribution < -0.4 is 5.32 Å². The van der Waals surface area contributed by atoms with Crippen LogP contribution in [0.1, 0.15) is 58.8 Å². The van der Waals surface area contributed by atoms with Crippen LogP contribution in [0.5, 0.6) is 0 Å². The minimum Gasteiger partial charge on any atom is -0.311 e. The number of alkyl halides is 4. The average Bonchev–Trinajstić information content (AvgIpc) is 2.18. The van der Waals surface area contributed by atoms with E-state index in [4.69, 9.17) is 0 Å². The van der Waals surface area contributed by atoms with Crippen molar-refractivity contribution >= 4 is 0 Å². The Labute approximate surface area is 107 Å². The Balaban J connectivity index is 3.47. The van der Waals surface area contributed by atoms with E-state index in [1.165, 1.54) is 19.3 Å². The molecule has 0 unspecified atom stereocenters. The lowest BCUT2D eigenvalue weighted by Gasteiger charge is -2.20. The summed E-state index contributed by atoms with van der Waals surface area (Å²) in [5.41, 5.74) is 0. The maximum Gasteiger partial charge on any atom is 0.266 e. The van der Waals surface area contributed by atoms with Gasteiger partial charge in [0.2, 0.25) is 0 Å². The van der Waals surface area contributed by atoms with Crippen LogP contribution in [0, 0.1) is 0 Å². The molecule has 0 aliphatic heterocycles. The molecule has 0 aromatic rings. The summed E-state index contributed by atoms with van der Waals surface area (Å²) in [4.78, 5) is 0. The third kappa shape index (κ3) is 12.1. The summed E-state index contributed by atoms with van der Waals surface area (Å²) < 4.78 is 51.0. The number of unbranched alkanes of at least 4 members (excludes halogenated alkanes) is 5. The molecule has 0 aromatic heterocycles. The van der Waals surface area contributed by atoms with E-state index in [2.05, 4.69) is 12.2 Å². The predicted octanol–water partition coefficient (Wildman–Crippen LogP) is 4.62. The van der Waals surface area contributed by atoms with Crippen molar-refractivity contribution in [1.82, 2.24) is 5.32 Å². The zero-order valence-corrected chi connectivity index (χ0v) is 11.4. The van der Waals surface area contributed by atoms with E-state index in [1.54, 1.807) is 0 Å². The first-order valence-electron chi connectivity index (χ1n) is 6.73. The van der Waals surface area contributed by atoms with Crippen LogP contribution in [-0.2, 0) is 0 Å². The molecular weight excluding hydrogens is 246 g/mol. The molecule has 5 heteroatoms. The van der Waals surface area contributed by atoms with E-state index in [0.29, 0.717) is 13.5 Å². The van der Waals surface area contributed by atoms with Crippen LogP contribution in [0.4, 0.5) is 17.6 Å². The molecule has 0 atom stereocenters. The standard InChI is InChI=1S/C13H25F4N/c1-3-4-5-6-7-8-9-18-11-13(16,17)10-12(2,14)15/h18H,3-11H2,1-2H3. The van der Waals surface area contributed by atoms with Crippen molar-refractivity contribution in [3.63, 3.8) is 0 Å². The van der Waals surface area contributed by atoms with Crippen LogP contribution in [0.3, 0.4) is 0 Å². The topological polar surface area (TPSA) is 12.0 Å². The van der Waals surface area contributed by atoms with Gasteiger partial charge in [-0.05, 0) is 19.9 Å². The normalized spacial score (nSPS) is 13.0. The number of rotatable bonds is 11. The summed E-state index contributed by atoms with van der Waals surface area (Å²) in [6, 6.07) is 0. The zero-order valence-electron chi connectivity index (χ0n) is 11.4. The molecule has 0 saturated heterocycles. The van der Waals surface area contributed by atoms with Crippen molar-refractivity contribution in [2.24, 2.45) is 0 Å². The number of halogens is 4. The smallest absolute Gasteiger partial charge is 0.266 e. The summed E-state index contributed by atoms with van der Waals surface area (Å²) in [6.07, 6.45) is 5.11. The summed E-state index contributed by atoms with van der Waals surface area (Å²) in [5.74, 6) is -6.65. The lowest BCUT2D eigenvalue weighted by molar-refractivity contribution is -0.0984. The SMILES string of the molecule is CCCCCCCCNCC(F)(F)CC(C)(F)F. The maximum absolute atomic E-state index is 13.1. The molecule has 0 heterocycles. The second-order valence-electron chi connectivity index (χ2n) is 5.05. The third-order valence-electron chi connectivity index (χ3n) is 2.66. The first kappa shape index (κ1) is 17.7. The Morgan fingerprint density at radius 3 is 2.00 bits per heavy atom. The van der Waals surface area contributed by atoms with Gasteiger partial charge in [0.05, 0.1) is 13.0 Å². The van der Waals surface area contributed by atoms with Crippen LogP contribution >= 0.6 is 0 Å². The molecule has 0 aliphatic carbocycles. The molecule has 0 bridgehead atoms. The third-order valence-corrected chi connectivity index (χ3v) is 2.66. The molecule has 0 amide bonds. The Morgan fingerprint density at radius 2 is 1.44 bits per heavy atom. The lowest BCUT2D eigenvalue weighted by atomic mass is 10.1. The molecule has 0 saturated carbocycles. The number of hydrogen-bond donors (Lipinski definition) is 1. The Morgan fingerprint density at radius 1 is 0.889 bits per heavy atom. The van der Waals surface area contributed by atoms with E-state index >= 15 is 0 Å². The molecule has 0 aromatic carbocycles. The van der Waals surface area contributed by atoms with Crippen LogP contribution in [-0.4, -0.2) is 24.9 Å². The van der Waals surface area contributed by atoms with Gasteiger partial charge in [0, 0.05) is 0 Å². The van der Waals surface area contributed by atoms with Crippen molar-refractivity contribution in [2.75, 3.05) is 13.1 Å². The fourth-order valence-corrected chi connectivity index (χ4v) is 1.82. The summed E-state index contributed by atoms with van der Waals surface area (Å²) in [6.45, 7) is 2.46. The zero-order chi connectivity index (χ0) is 14.1. The minimum absolute atomic E-state index is 0.469. The quantitative estimate of drug-likeness (QED) is 0.427. The van der Waals surface area contributed by atoms with Gasteiger partial charge in [0.25, 0.3) is 11.8 Å². The Hall–Kier alpha value is -0.320. The summed E-state index contributed by atoms with van der Waals surface area (Å²) in [5, 5.41) is 2.56. The van der Waals surface area contributed by atoms with Gasteiger partial charge in [-0.2, -0.15) is 0 Å². The highest BCUT2D eigenvalue weighted by Crippen LogP contribution is 2.29. The minimum atomic E-state index is -3.33. The van der Waals surface area contributed by atoms with E-state index < -0.39 is 24.8 Å². The van der Waals surface area contributed by atoms with Crippen LogP contribution in [0.15, 0.2) is 0 Å². The highest BCUT2D eigenvalue weighted by Gasteiger charge is 2.39. The molecule has 0 aliphatic rings. The first-order chi connectivity index (χ1) is 8.27. The monoisotopic (exact) mass is 271 g/mol. The van der Waals surface area contributed by atoms with Crippen molar-refractivity contribution in [3.8, 4) is 0 Å². The van der Waals surface area contributed by atoms with Crippen LogP contribution in [0.25, 0.3) is 0 Å². The van der Waals surface area contributed by atoms with Crippen molar-refractivity contribution in [1.29, 1.82) is 0 Å². The fourth-order valence-electron chi connectivity index (χ4n) is 1.82. The molecule has 1 N–H and O–H groups in total. The number of nitrogens with one attached hydrogen (secondary N) is 1. The highest BCUT2D eigenvalue weighted by molar-refractivity contribution is 4.76. The second kappa shape index (κ2) is 8.73. The Kier molecular flexibility index (Phi) is 8.57. The van der Waals surface area contributed by atoms with Gasteiger partial charge >= 0.3 is 0 Å². The molecule has 110 valence electrons. The highest BCUT2D eigenvalue weighted by atomic mass is 19.3. The van der Waals surface area contributed by atoms with Gasteiger partial charge in [-0.15, -0.1) is 0 Å². The van der Waals surface area contributed by atoms with Crippen LogP contribution in [0.2, 0.25) is 0 Å².